The van der Waals surface area contributed by atoms with Crippen LogP contribution in [0, 0.1) is 5.82 Å². The van der Waals surface area contributed by atoms with Crippen molar-refractivity contribution in [3.8, 4) is 0 Å². The maximum absolute atomic E-state index is 13.6. The van der Waals surface area contributed by atoms with Crippen molar-refractivity contribution in [3.63, 3.8) is 0 Å². The second kappa shape index (κ2) is 10.2. The summed E-state index contributed by atoms with van der Waals surface area (Å²) in [4.78, 5) is 20.6. The van der Waals surface area contributed by atoms with Gasteiger partial charge in [0.2, 0.25) is 5.95 Å². The van der Waals surface area contributed by atoms with Crippen LogP contribution >= 0.6 is 0 Å². The molecule has 1 aromatic heterocycles. The molecule has 5 nitrogen and oxygen atoms in total. The molecule has 144 valence electrons. The van der Waals surface area contributed by atoms with Crippen LogP contribution in [0.15, 0.2) is 66.9 Å². The van der Waals surface area contributed by atoms with E-state index in [1.54, 1.807) is 24.3 Å². The van der Waals surface area contributed by atoms with E-state index in [1.807, 2.05) is 18.2 Å². The average molecular weight is 378 g/mol. The predicted molar refractivity (Wildman–Crippen MR) is 108 cm³/mol. The van der Waals surface area contributed by atoms with Crippen LogP contribution in [0.1, 0.15) is 28.0 Å². The van der Waals surface area contributed by atoms with Gasteiger partial charge in [0.25, 0.3) is 5.91 Å². The summed E-state index contributed by atoms with van der Waals surface area (Å²) in [7, 11) is 0. The molecule has 0 aliphatic carbocycles. The van der Waals surface area contributed by atoms with Crippen molar-refractivity contribution >= 4 is 11.9 Å². The number of halogens is 1. The maximum Gasteiger partial charge on any atom is 0.270 e. The Morgan fingerprint density at radius 3 is 2.54 bits per heavy atom. The summed E-state index contributed by atoms with van der Waals surface area (Å²) < 4.78 is 13.6. The van der Waals surface area contributed by atoms with Crippen LogP contribution in [0.2, 0.25) is 0 Å². The number of benzene rings is 2. The fraction of sp³-hybridized carbons (Fsp3) is 0.227. The fourth-order valence-corrected chi connectivity index (χ4v) is 2.81. The standard InChI is InChI=1S/C22H23FN4O/c23-19-11-5-4-10-18(19)12-15-25-22-26-16-13-20(27-22)21(28)24-14-6-9-17-7-2-1-3-8-17/h1-5,7-8,10-11,13,16H,6,9,12,14-15H2,(H,24,28)(H,25,26,27). The molecule has 0 unspecified atom stereocenters. The minimum absolute atomic E-state index is 0.228. The number of anilines is 1. The smallest absolute Gasteiger partial charge is 0.270 e. The summed E-state index contributed by atoms with van der Waals surface area (Å²) in [6.07, 6.45) is 3.81. The van der Waals surface area contributed by atoms with Crippen molar-refractivity contribution in [2.45, 2.75) is 19.3 Å². The van der Waals surface area contributed by atoms with Crippen molar-refractivity contribution in [1.82, 2.24) is 15.3 Å². The molecule has 2 N–H and O–H groups in total. The van der Waals surface area contributed by atoms with E-state index in [0.717, 1.165) is 12.8 Å². The van der Waals surface area contributed by atoms with E-state index < -0.39 is 0 Å². The zero-order valence-corrected chi connectivity index (χ0v) is 15.6. The number of aryl methyl sites for hydroxylation is 1. The number of nitrogens with one attached hydrogen (secondary N) is 2. The van der Waals surface area contributed by atoms with Crippen LogP contribution in [0.25, 0.3) is 0 Å². The number of amides is 1. The van der Waals surface area contributed by atoms with Gasteiger partial charge in [0.05, 0.1) is 0 Å². The molecule has 0 fully saturated rings. The third-order valence-corrected chi connectivity index (χ3v) is 4.29. The van der Waals surface area contributed by atoms with Crippen molar-refractivity contribution in [1.29, 1.82) is 0 Å². The molecule has 0 radical (unpaired) electrons. The Hall–Kier alpha value is -3.28. The van der Waals surface area contributed by atoms with Gasteiger partial charge in [-0.1, -0.05) is 48.5 Å². The lowest BCUT2D eigenvalue weighted by Crippen LogP contribution is -2.26. The van der Waals surface area contributed by atoms with Crippen LogP contribution in [-0.4, -0.2) is 29.0 Å². The largest absolute Gasteiger partial charge is 0.354 e. The average Bonchev–Trinajstić information content (AvgIpc) is 2.73. The first-order valence-corrected chi connectivity index (χ1v) is 9.35. The summed E-state index contributed by atoms with van der Waals surface area (Å²) in [6.45, 7) is 1.05. The predicted octanol–water partition coefficient (Wildman–Crippen LogP) is 3.63. The number of carbonyl (C=O) groups excluding carboxylic acids is 1. The Balaban J connectivity index is 1.44. The normalized spacial score (nSPS) is 10.5. The van der Waals surface area contributed by atoms with Crippen molar-refractivity contribution in [2.24, 2.45) is 0 Å². The quantitative estimate of drug-likeness (QED) is 0.558. The second-order valence-corrected chi connectivity index (χ2v) is 6.38. The highest BCUT2D eigenvalue weighted by atomic mass is 19.1. The van der Waals surface area contributed by atoms with Gasteiger partial charge in [0.15, 0.2) is 0 Å². The van der Waals surface area contributed by atoms with Crippen LogP contribution < -0.4 is 10.6 Å². The Labute approximate surface area is 164 Å². The van der Waals surface area contributed by atoms with Gasteiger partial charge in [-0.15, -0.1) is 0 Å². The second-order valence-electron chi connectivity index (χ2n) is 6.38. The van der Waals surface area contributed by atoms with Gasteiger partial charge in [-0.05, 0) is 42.5 Å². The van der Waals surface area contributed by atoms with Crippen LogP contribution in [0.5, 0.6) is 0 Å². The molecule has 1 heterocycles. The third-order valence-electron chi connectivity index (χ3n) is 4.29. The Morgan fingerprint density at radius 1 is 0.929 bits per heavy atom. The number of rotatable bonds is 9. The number of hydrogen-bond acceptors (Lipinski definition) is 4. The van der Waals surface area contributed by atoms with Crippen LogP contribution in [0.3, 0.4) is 0 Å². The maximum atomic E-state index is 13.6. The van der Waals surface area contributed by atoms with Crippen molar-refractivity contribution in [3.05, 3.63) is 89.5 Å². The molecule has 0 spiro atoms. The van der Waals surface area contributed by atoms with Crippen LogP contribution in [0.4, 0.5) is 10.3 Å². The van der Waals surface area contributed by atoms with E-state index in [4.69, 9.17) is 0 Å². The molecule has 0 saturated heterocycles. The number of carbonyl (C=O) groups is 1. The van der Waals surface area contributed by atoms with Gasteiger partial charge in [0, 0.05) is 19.3 Å². The fourth-order valence-electron chi connectivity index (χ4n) is 2.81. The van der Waals surface area contributed by atoms with Crippen molar-refractivity contribution in [2.75, 3.05) is 18.4 Å². The van der Waals surface area contributed by atoms with Crippen molar-refractivity contribution < 1.29 is 9.18 Å². The number of nitrogens with zero attached hydrogens (tertiary/aromatic N) is 2. The Bertz CT molecular complexity index is 902. The highest BCUT2D eigenvalue weighted by Gasteiger charge is 2.08. The highest BCUT2D eigenvalue weighted by molar-refractivity contribution is 5.92. The van der Waals surface area contributed by atoms with E-state index in [1.165, 1.54) is 17.8 Å². The molecule has 0 saturated carbocycles. The van der Waals surface area contributed by atoms with E-state index >= 15 is 0 Å². The highest BCUT2D eigenvalue weighted by Crippen LogP contribution is 2.08. The molecule has 3 rings (SSSR count). The molecule has 0 aliphatic rings. The minimum Gasteiger partial charge on any atom is -0.354 e. The zero-order chi connectivity index (χ0) is 19.6. The van der Waals surface area contributed by atoms with Gasteiger partial charge >= 0.3 is 0 Å². The topological polar surface area (TPSA) is 66.9 Å². The monoisotopic (exact) mass is 378 g/mol. The molecule has 28 heavy (non-hydrogen) atoms. The number of hydrogen-bond donors (Lipinski definition) is 2. The molecule has 0 bridgehead atoms. The summed E-state index contributed by atoms with van der Waals surface area (Å²) >= 11 is 0. The molecular formula is C22H23FN4O. The van der Waals surface area contributed by atoms with E-state index in [0.29, 0.717) is 36.7 Å². The SMILES string of the molecule is O=C(NCCCc1ccccc1)c1ccnc(NCCc2ccccc2F)n1. The van der Waals surface area contributed by atoms with E-state index in [-0.39, 0.29) is 11.7 Å². The first kappa shape index (κ1) is 19.5. The molecule has 0 atom stereocenters. The first-order chi connectivity index (χ1) is 13.7. The molecule has 6 heteroatoms. The number of aromatic nitrogens is 2. The van der Waals surface area contributed by atoms with Gasteiger partial charge < -0.3 is 10.6 Å². The van der Waals surface area contributed by atoms with Gasteiger partial charge in [-0.2, -0.15) is 0 Å². The van der Waals surface area contributed by atoms with Gasteiger partial charge in [-0.25, -0.2) is 14.4 Å². The lowest BCUT2D eigenvalue weighted by molar-refractivity contribution is 0.0948. The lowest BCUT2D eigenvalue weighted by atomic mass is 10.1. The van der Waals surface area contributed by atoms with Gasteiger partial charge in [-0.3, -0.25) is 4.79 Å². The first-order valence-electron chi connectivity index (χ1n) is 9.35. The Kier molecular flexibility index (Phi) is 7.07. The molecule has 1 amide bonds. The summed E-state index contributed by atoms with van der Waals surface area (Å²) in [5.74, 6) is -0.102. The van der Waals surface area contributed by atoms with Crippen LogP contribution in [-0.2, 0) is 12.8 Å². The van der Waals surface area contributed by atoms with Gasteiger partial charge in [0.1, 0.15) is 11.5 Å². The summed E-state index contributed by atoms with van der Waals surface area (Å²) in [6, 6.07) is 18.4. The van der Waals surface area contributed by atoms with E-state index in [2.05, 4.69) is 32.7 Å². The molecular weight excluding hydrogens is 355 g/mol. The summed E-state index contributed by atoms with van der Waals surface area (Å²) in [5, 5.41) is 5.91. The Morgan fingerprint density at radius 2 is 1.71 bits per heavy atom. The molecule has 0 aliphatic heterocycles. The lowest BCUT2D eigenvalue weighted by Gasteiger charge is -2.08. The zero-order valence-electron chi connectivity index (χ0n) is 15.6. The minimum atomic E-state index is -0.229. The van der Waals surface area contributed by atoms with E-state index in [9.17, 15) is 9.18 Å². The summed E-state index contributed by atoms with van der Waals surface area (Å²) in [5.41, 5.74) is 2.19. The molecule has 2 aromatic carbocycles. The third kappa shape index (κ3) is 5.87. The molecule has 3 aromatic rings.